The molecule has 30 heavy (non-hydrogen) atoms. The molecule has 1 aliphatic heterocycles. The Bertz CT molecular complexity index is 916. The zero-order valence-corrected chi connectivity index (χ0v) is 19.0. The van der Waals surface area contributed by atoms with Crippen LogP contribution < -0.4 is 15.4 Å². The summed E-state index contributed by atoms with van der Waals surface area (Å²) >= 11 is 9.68. The van der Waals surface area contributed by atoms with Gasteiger partial charge in [0.15, 0.2) is 0 Å². The summed E-state index contributed by atoms with van der Waals surface area (Å²) in [5, 5.41) is 5.97. The van der Waals surface area contributed by atoms with Crippen molar-refractivity contribution in [2.24, 2.45) is 0 Å². The van der Waals surface area contributed by atoms with E-state index >= 15 is 0 Å². The first-order chi connectivity index (χ1) is 14.5. The molecule has 0 aliphatic carbocycles. The Balaban J connectivity index is 1.65. The van der Waals surface area contributed by atoms with Gasteiger partial charge in [0.05, 0.1) is 21.3 Å². The molecule has 160 valence electrons. The average molecular weight is 496 g/mol. The molecule has 1 unspecified atom stereocenters. The standard InChI is InChI=1S/C22H24BrClN2O4/c1-2-4-21(27)25-15-7-8-18(24)19(12-15)26-22(28)14-6-9-20(17(23)11-14)30-13-16-5-3-10-29-16/h6-9,11-12,16H,2-5,10,13H2,1H3,(H,25,27)(H,26,28). The molecular weight excluding hydrogens is 472 g/mol. The topological polar surface area (TPSA) is 76.7 Å². The number of nitrogens with one attached hydrogen (secondary N) is 2. The first-order valence-corrected chi connectivity index (χ1v) is 11.1. The lowest BCUT2D eigenvalue weighted by molar-refractivity contribution is -0.116. The van der Waals surface area contributed by atoms with Crippen molar-refractivity contribution in [3.05, 3.63) is 51.5 Å². The van der Waals surface area contributed by atoms with Crippen molar-refractivity contribution in [2.75, 3.05) is 23.8 Å². The zero-order chi connectivity index (χ0) is 21.5. The van der Waals surface area contributed by atoms with Gasteiger partial charge >= 0.3 is 0 Å². The molecule has 0 spiro atoms. The Morgan fingerprint density at radius 2 is 2.07 bits per heavy atom. The molecule has 1 atom stereocenters. The number of amides is 2. The van der Waals surface area contributed by atoms with E-state index in [2.05, 4.69) is 26.6 Å². The van der Waals surface area contributed by atoms with Gasteiger partial charge in [-0.25, -0.2) is 0 Å². The summed E-state index contributed by atoms with van der Waals surface area (Å²) in [5.74, 6) is 0.251. The Hall–Kier alpha value is -2.09. The van der Waals surface area contributed by atoms with E-state index in [9.17, 15) is 9.59 Å². The third-order valence-electron chi connectivity index (χ3n) is 4.62. The monoisotopic (exact) mass is 494 g/mol. The van der Waals surface area contributed by atoms with Gasteiger partial charge in [0.25, 0.3) is 5.91 Å². The maximum Gasteiger partial charge on any atom is 0.255 e. The molecule has 6 nitrogen and oxygen atoms in total. The predicted molar refractivity (Wildman–Crippen MR) is 122 cm³/mol. The van der Waals surface area contributed by atoms with Crippen LogP contribution in [-0.4, -0.2) is 31.1 Å². The molecule has 2 N–H and O–H groups in total. The highest BCUT2D eigenvalue weighted by atomic mass is 79.9. The van der Waals surface area contributed by atoms with Crippen molar-refractivity contribution in [1.29, 1.82) is 0 Å². The van der Waals surface area contributed by atoms with E-state index in [0.717, 1.165) is 25.9 Å². The van der Waals surface area contributed by atoms with Gasteiger partial charge in [-0.05, 0) is 71.6 Å². The number of halogens is 2. The number of carbonyl (C=O) groups excluding carboxylic acids is 2. The van der Waals surface area contributed by atoms with E-state index in [1.165, 1.54) is 0 Å². The summed E-state index contributed by atoms with van der Waals surface area (Å²) in [6.45, 7) is 3.20. The zero-order valence-electron chi connectivity index (χ0n) is 16.7. The number of ether oxygens (including phenoxy) is 2. The fourth-order valence-corrected chi connectivity index (χ4v) is 3.72. The first-order valence-electron chi connectivity index (χ1n) is 9.91. The van der Waals surface area contributed by atoms with E-state index in [4.69, 9.17) is 21.1 Å². The van der Waals surface area contributed by atoms with Crippen LogP contribution in [0.2, 0.25) is 5.02 Å². The minimum absolute atomic E-state index is 0.0837. The molecule has 1 heterocycles. The molecule has 3 rings (SSSR count). The number of carbonyl (C=O) groups is 2. The lowest BCUT2D eigenvalue weighted by atomic mass is 10.2. The van der Waals surface area contributed by atoms with Gasteiger partial charge in [-0.1, -0.05) is 18.5 Å². The van der Waals surface area contributed by atoms with Gasteiger partial charge in [0, 0.05) is 24.3 Å². The molecule has 2 aromatic rings. The van der Waals surface area contributed by atoms with E-state index < -0.39 is 0 Å². The van der Waals surface area contributed by atoms with Crippen molar-refractivity contribution < 1.29 is 19.1 Å². The maximum absolute atomic E-state index is 12.7. The SMILES string of the molecule is CCCC(=O)Nc1ccc(Cl)c(NC(=O)c2ccc(OCC3CCCO3)c(Br)c2)c1. The Labute approximate surface area is 189 Å². The van der Waals surface area contributed by atoms with E-state index in [1.54, 1.807) is 36.4 Å². The Morgan fingerprint density at radius 3 is 2.77 bits per heavy atom. The van der Waals surface area contributed by atoms with Crippen molar-refractivity contribution in [3.8, 4) is 5.75 Å². The van der Waals surface area contributed by atoms with Crippen LogP contribution in [-0.2, 0) is 9.53 Å². The second-order valence-corrected chi connectivity index (χ2v) is 8.30. The van der Waals surface area contributed by atoms with Crippen LogP contribution in [0.3, 0.4) is 0 Å². The minimum Gasteiger partial charge on any atom is -0.490 e. The lowest BCUT2D eigenvalue weighted by Crippen LogP contribution is -2.17. The van der Waals surface area contributed by atoms with Gasteiger partial charge in [-0.15, -0.1) is 0 Å². The highest BCUT2D eigenvalue weighted by Crippen LogP contribution is 2.29. The molecule has 0 aromatic heterocycles. The van der Waals surface area contributed by atoms with Crippen LogP contribution in [0.5, 0.6) is 5.75 Å². The van der Waals surface area contributed by atoms with Gasteiger partial charge < -0.3 is 20.1 Å². The van der Waals surface area contributed by atoms with Crippen LogP contribution in [0, 0.1) is 0 Å². The number of rotatable bonds is 8. The molecule has 1 aliphatic rings. The summed E-state index contributed by atoms with van der Waals surface area (Å²) in [6.07, 6.45) is 3.36. The third kappa shape index (κ3) is 6.20. The molecule has 2 amide bonds. The van der Waals surface area contributed by atoms with Crippen LogP contribution in [0.25, 0.3) is 0 Å². The van der Waals surface area contributed by atoms with Gasteiger partial charge in [0.1, 0.15) is 12.4 Å². The van der Waals surface area contributed by atoms with E-state index in [0.29, 0.717) is 45.2 Å². The molecule has 0 bridgehead atoms. The summed E-state index contributed by atoms with van der Waals surface area (Å²) in [4.78, 5) is 24.5. The third-order valence-corrected chi connectivity index (χ3v) is 5.57. The van der Waals surface area contributed by atoms with Crippen LogP contribution >= 0.6 is 27.5 Å². The summed E-state index contributed by atoms with van der Waals surface area (Å²) in [6, 6.07) is 10.1. The quantitative estimate of drug-likeness (QED) is 0.496. The number of hydrogen-bond acceptors (Lipinski definition) is 4. The molecule has 8 heteroatoms. The fraction of sp³-hybridized carbons (Fsp3) is 0.364. The summed E-state index contributed by atoms with van der Waals surface area (Å²) < 4.78 is 12.0. The number of benzene rings is 2. The van der Waals surface area contributed by atoms with Gasteiger partial charge in [-0.2, -0.15) is 0 Å². The fourth-order valence-electron chi connectivity index (χ4n) is 3.06. The number of hydrogen-bond donors (Lipinski definition) is 2. The van der Waals surface area contributed by atoms with Crippen molar-refractivity contribution >= 4 is 50.7 Å². The lowest BCUT2D eigenvalue weighted by Gasteiger charge is -2.14. The van der Waals surface area contributed by atoms with Crippen LogP contribution in [0.1, 0.15) is 43.0 Å². The highest BCUT2D eigenvalue weighted by Gasteiger charge is 2.17. The van der Waals surface area contributed by atoms with Gasteiger partial charge in [0.2, 0.25) is 5.91 Å². The molecule has 1 saturated heterocycles. The average Bonchev–Trinajstić information content (AvgIpc) is 3.23. The van der Waals surface area contributed by atoms with Crippen molar-refractivity contribution in [3.63, 3.8) is 0 Å². The largest absolute Gasteiger partial charge is 0.490 e. The van der Waals surface area contributed by atoms with Gasteiger partial charge in [-0.3, -0.25) is 9.59 Å². The molecular formula is C22H24BrClN2O4. The Morgan fingerprint density at radius 1 is 1.23 bits per heavy atom. The number of anilines is 2. The van der Waals surface area contributed by atoms with Crippen molar-refractivity contribution in [1.82, 2.24) is 0 Å². The maximum atomic E-state index is 12.7. The Kier molecular flexibility index (Phi) is 8.13. The van der Waals surface area contributed by atoms with Crippen LogP contribution in [0.15, 0.2) is 40.9 Å². The minimum atomic E-state index is -0.319. The van der Waals surface area contributed by atoms with Crippen LogP contribution in [0.4, 0.5) is 11.4 Å². The molecule has 1 fully saturated rings. The predicted octanol–water partition coefficient (Wildman–Crippen LogP) is 5.65. The van der Waals surface area contributed by atoms with E-state index in [-0.39, 0.29) is 17.9 Å². The van der Waals surface area contributed by atoms with Crippen molar-refractivity contribution in [2.45, 2.75) is 38.7 Å². The molecule has 2 aromatic carbocycles. The first kappa shape index (κ1) is 22.6. The summed E-state index contributed by atoms with van der Waals surface area (Å²) in [5.41, 5.74) is 1.45. The molecule has 0 radical (unpaired) electrons. The molecule has 0 saturated carbocycles. The highest BCUT2D eigenvalue weighted by molar-refractivity contribution is 9.10. The summed E-state index contributed by atoms with van der Waals surface area (Å²) in [7, 11) is 0. The second kappa shape index (κ2) is 10.8. The normalized spacial score (nSPS) is 15.6. The smallest absolute Gasteiger partial charge is 0.255 e. The van der Waals surface area contributed by atoms with E-state index in [1.807, 2.05) is 6.92 Å². The second-order valence-electron chi connectivity index (χ2n) is 7.04.